The molecular formula is C9H6ClNO3. The number of hydrogen-bond acceptors (Lipinski definition) is 3. The summed E-state index contributed by atoms with van der Waals surface area (Å²) >= 11 is 5.54. The Morgan fingerprint density at radius 2 is 2.29 bits per heavy atom. The third kappa shape index (κ3) is 2.40. The molecule has 14 heavy (non-hydrogen) atoms. The van der Waals surface area contributed by atoms with Gasteiger partial charge in [0, 0.05) is 6.20 Å². The quantitative estimate of drug-likeness (QED) is 0.469. The van der Waals surface area contributed by atoms with Crippen LogP contribution < -0.4 is 0 Å². The lowest BCUT2D eigenvalue weighted by Crippen LogP contribution is -1.99. The van der Waals surface area contributed by atoms with Gasteiger partial charge in [-0.1, -0.05) is 17.7 Å². The van der Waals surface area contributed by atoms with Gasteiger partial charge in [-0.2, -0.15) is 0 Å². The van der Waals surface area contributed by atoms with Crippen molar-refractivity contribution in [2.45, 2.75) is 0 Å². The minimum Gasteiger partial charge on any atom is -0.478 e. The molecule has 0 spiro atoms. The molecule has 1 heterocycles. The minimum absolute atomic E-state index is 0.0687. The summed E-state index contributed by atoms with van der Waals surface area (Å²) in [5.74, 6) is -1.15. The maximum atomic E-state index is 10.6. The Labute approximate surface area is 84.8 Å². The molecule has 0 atom stereocenters. The Hall–Kier alpha value is -1.68. The van der Waals surface area contributed by atoms with Crippen LogP contribution in [0.25, 0.3) is 6.08 Å². The van der Waals surface area contributed by atoms with Crippen LogP contribution in [-0.4, -0.2) is 22.3 Å². The first kappa shape index (κ1) is 10.4. The van der Waals surface area contributed by atoms with Crippen molar-refractivity contribution < 1.29 is 14.7 Å². The number of aromatic nitrogens is 1. The van der Waals surface area contributed by atoms with Gasteiger partial charge in [0.15, 0.2) is 0 Å². The van der Waals surface area contributed by atoms with Crippen LogP contribution in [-0.2, 0) is 4.79 Å². The van der Waals surface area contributed by atoms with Crippen LogP contribution in [0.3, 0.4) is 0 Å². The number of rotatable bonds is 3. The molecule has 0 bridgehead atoms. The number of carbonyl (C=O) groups is 2. The van der Waals surface area contributed by atoms with Gasteiger partial charge in [-0.25, -0.2) is 9.78 Å². The van der Waals surface area contributed by atoms with Gasteiger partial charge in [-0.3, -0.25) is 4.79 Å². The van der Waals surface area contributed by atoms with E-state index in [-0.39, 0.29) is 10.7 Å². The zero-order valence-electron chi connectivity index (χ0n) is 6.98. The van der Waals surface area contributed by atoms with Crippen molar-refractivity contribution in [2.75, 3.05) is 0 Å². The fraction of sp³-hybridized carbons (Fsp3) is 0. The zero-order valence-corrected chi connectivity index (χ0v) is 7.73. The molecule has 0 aliphatic rings. The van der Waals surface area contributed by atoms with E-state index in [2.05, 4.69) is 4.98 Å². The molecule has 0 aliphatic heterocycles. The first-order valence-corrected chi connectivity index (χ1v) is 4.03. The summed E-state index contributed by atoms with van der Waals surface area (Å²) in [6, 6.07) is 1.34. The summed E-state index contributed by atoms with van der Waals surface area (Å²) in [4.78, 5) is 24.3. The highest BCUT2D eigenvalue weighted by Crippen LogP contribution is 2.14. The van der Waals surface area contributed by atoms with Gasteiger partial charge in [0.05, 0.1) is 5.56 Å². The first-order chi connectivity index (χ1) is 6.65. The number of carbonyl (C=O) groups excluding carboxylic acids is 1. The molecule has 0 aliphatic carbocycles. The van der Waals surface area contributed by atoms with Crippen LogP contribution >= 0.6 is 11.6 Å². The third-order valence-corrected chi connectivity index (χ3v) is 1.76. The van der Waals surface area contributed by atoms with Crippen molar-refractivity contribution in [1.82, 2.24) is 4.98 Å². The molecule has 4 nitrogen and oxygen atoms in total. The fourth-order valence-corrected chi connectivity index (χ4v) is 1.04. The van der Waals surface area contributed by atoms with Crippen LogP contribution in [0.15, 0.2) is 18.3 Å². The summed E-state index contributed by atoms with van der Waals surface area (Å²) in [5, 5.41) is 8.63. The van der Waals surface area contributed by atoms with Crippen LogP contribution in [0.1, 0.15) is 15.9 Å². The van der Waals surface area contributed by atoms with Crippen molar-refractivity contribution >= 4 is 29.9 Å². The van der Waals surface area contributed by atoms with Crippen molar-refractivity contribution in [1.29, 1.82) is 0 Å². The van der Waals surface area contributed by atoms with Gasteiger partial charge in [0.25, 0.3) is 0 Å². The van der Waals surface area contributed by atoms with Crippen LogP contribution in [0.2, 0.25) is 5.15 Å². The second-order valence-corrected chi connectivity index (χ2v) is 2.77. The van der Waals surface area contributed by atoms with E-state index in [1.54, 1.807) is 0 Å². The van der Waals surface area contributed by atoms with E-state index in [0.29, 0.717) is 11.8 Å². The lowest BCUT2D eigenvalue weighted by Gasteiger charge is -1.98. The molecule has 1 N–H and O–H groups in total. The number of carboxylic acid groups (broad SMARTS) is 1. The van der Waals surface area contributed by atoms with Crippen molar-refractivity contribution in [3.8, 4) is 0 Å². The largest absolute Gasteiger partial charge is 0.478 e. The number of halogens is 1. The predicted octanol–water partition coefficient (Wildman–Crippen LogP) is 1.65. The normalized spacial score (nSPS) is 10.4. The van der Waals surface area contributed by atoms with Gasteiger partial charge < -0.3 is 5.11 Å². The number of hydrogen-bond donors (Lipinski definition) is 1. The smallest absolute Gasteiger partial charge is 0.338 e. The van der Waals surface area contributed by atoms with E-state index in [1.807, 2.05) is 0 Å². The Bertz CT molecular complexity index is 401. The molecule has 0 unspecified atom stereocenters. The molecule has 0 radical (unpaired) electrons. The Morgan fingerprint density at radius 3 is 2.86 bits per heavy atom. The van der Waals surface area contributed by atoms with E-state index in [9.17, 15) is 9.59 Å². The lowest BCUT2D eigenvalue weighted by atomic mass is 10.2. The SMILES string of the molecule is O=CC=Cc1cnc(Cl)c(C(=O)O)c1. The average molecular weight is 212 g/mol. The van der Waals surface area contributed by atoms with Gasteiger partial charge >= 0.3 is 5.97 Å². The topological polar surface area (TPSA) is 67.3 Å². The molecule has 1 aromatic heterocycles. The second kappa shape index (κ2) is 4.53. The van der Waals surface area contributed by atoms with Crippen molar-refractivity contribution in [3.05, 3.63) is 34.6 Å². The van der Waals surface area contributed by atoms with E-state index in [1.165, 1.54) is 24.4 Å². The number of nitrogens with zero attached hydrogens (tertiary/aromatic N) is 1. The van der Waals surface area contributed by atoms with Crippen LogP contribution in [0.5, 0.6) is 0 Å². The van der Waals surface area contributed by atoms with E-state index in [4.69, 9.17) is 16.7 Å². The highest BCUT2D eigenvalue weighted by Gasteiger charge is 2.09. The average Bonchev–Trinajstić information content (AvgIpc) is 2.16. The number of carboxylic acids is 1. The standard InChI is InChI=1S/C9H6ClNO3/c10-8-7(9(13)14)4-6(5-11-8)2-1-3-12/h1-5H,(H,13,14). The zero-order chi connectivity index (χ0) is 10.6. The number of aromatic carboxylic acids is 1. The summed E-state index contributed by atoms with van der Waals surface area (Å²) in [7, 11) is 0. The van der Waals surface area contributed by atoms with Crippen LogP contribution in [0.4, 0.5) is 0 Å². The first-order valence-electron chi connectivity index (χ1n) is 3.66. The highest BCUT2D eigenvalue weighted by atomic mass is 35.5. The Kier molecular flexibility index (Phi) is 3.36. The molecule has 72 valence electrons. The number of pyridine rings is 1. The molecular weight excluding hydrogens is 206 g/mol. The predicted molar refractivity (Wildman–Crippen MR) is 51.3 cm³/mol. The number of aldehydes is 1. The van der Waals surface area contributed by atoms with Gasteiger partial charge in [0.2, 0.25) is 0 Å². The lowest BCUT2D eigenvalue weighted by molar-refractivity contribution is -0.104. The minimum atomic E-state index is -1.15. The maximum absolute atomic E-state index is 10.6. The van der Waals surface area contributed by atoms with E-state index < -0.39 is 5.97 Å². The van der Waals surface area contributed by atoms with Gasteiger partial charge in [-0.05, 0) is 17.7 Å². The molecule has 0 aromatic carbocycles. The molecule has 1 rings (SSSR count). The molecule has 0 amide bonds. The molecule has 1 aromatic rings. The summed E-state index contributed by atoms with van der Waals surface area (Å²) < 4.78 is 0. The molecule has 0 fully saturated rings. The molecule has 5 heteroatoms. The summed E-state index contributed by atoms with van der Waals surface area (Å²) in [6.07, 6.45) is 4.67. The molecule has 0 saturated heterocycles. The van der Waals surface area contributed by atoms with Gasteiger partial charge in [0.1, 0.15) is 11.4 Å². The fourth-order valence-electron chi connectivity index (χ4n) is 0.856. The Morgan fingerprint density at radius 1 is 1.57 bits per heavy atom. The van der Waals surface area contributed by atoms with Crippen molar-refractivity contribution in [2.24, 2.45) is 0 Å². The Balaban J connectivity index is 3.12. The summed E-state index contributed by atoms with van der Waals surface area (Å²) in [6.45, 7) is 0. The third-order valence-electron chi connectivity index (χ3n) is 1.46. The highest BCUT2D eigenvalue weighted by molar-refractivity contribution is 6.32. The second-order valence-electron chi connectivity index (χ2n) is 2.41. The maximum Gasteiger partial charge on any atom is 0.338 e. The van der Waals surface area contributed by atoms with Crippen molar-refractivity contribution in [3.63, 3.8) is 0 Å². The monoisotopic (exact) mass is 211 g/mol. The van der Waals surface area contributed by atoms with E-state index in [0.717, 1.165) is 0 Å². The van der Waals surface area contributed by atoms with Gasteiger partial charge in [-0.15, -0.1) is 0 Å². The van der Waals surface area contributed by atoms with Crippen LogP contribution in [0, 0.1) is 0 Å². The molecule has 0 saturated carbocycles. The number of allylic oxidation sites excluding steroid dienone is 1. The van der Waals surface area contributed by atoms with E-state index >= 15 is 0 Å². The summed E-state index contributed by atoms with van der Waals surface area (Å²) in [5.41, 5.74) is 0.429.